The van der Waals surface area contributed by atoms with E-state index in [4.69, 9.17) is 0 Å². The molecule has 2 nitrogen and oxygen atoms in total. The summed E-state index contributed by atoms with van der Waals surface area (Å²) < 4.78 is 4.54. The van der Waals surface area contributed by atoms with Crippen LogP contribution in [0.4, 0.5) is 0 Å². The van der Waals surface area contributed by atoms with E-state index in [0.29, 0.717) is 0 Å². The van der Waals surface area contributed by atoms with Crippen LogP contribution in [-0.4, -0.2) is 9.97 Å². The normalized spacial score (nSPS) is 11.5. The Hall–Kier alpha value is -0.730. The highest BCUT2D eigenvalue weighted by molar-refractivity contribution is 8.77. The highest BCUT2D eigenvalue weighted by Crippen LogP contribution is 2.43. The third kappa shape index (κ3) is 2.93. The van der Waals surface area contributed by atoms with Crippen LogP contribution in [-0.2, 0) is 0 Å². The number of aromatic nitrogens is 2. The Balaban J connectivity index is 1.57. The van der Waals surface area contributed by atoms with Gasteiger partial charge in [0.15, 0.2) is 8.68 Å². The molecule has 21 heavy (non-hydrogen) atoms. The van der Waals surface area contributed by atoms with E-state index < -0.39 is 0 Å². The quantitative estimate of drug-likeness (QED) is 0.356. The molecule has 0 aliphatic rings. The predicted octanol–water partition coefficient (Wildman–Crippen LogP) is 5.99. The van der Waals surface area contributed by atoms with Crippen LogP contribution in [0.25, 0.3) is 20.4 Å². The molecule has 4 rings (SSSR count). The largest absolute Gasteiger partial charge is 0.229 e. The molecule has 2 aromatic carbocycles. The van der Waals surface area contributed by atoms with Crippen molar-refractivity contribution >= 4 is 77.3 Å². The monoisotopic (exact) mass is 364 g/mol. The zero-order valence-corrected chi connectivity index (χ0v) is 14.7. The van der Waals surface area contributed by atoms with Crippen molar-refractivity contribution in [2.45, 2.75) is 13.6 Å². The summed E-state index contributed by atoms with van der Waals surface area (Å²) in [5.74, 6) is 0. The van der Waals surface area contributed by atoms with Crippen molar-refractivity contribution < 1.29 is 0 Å². The van der Waals surface area contributed by atoms with Crippen molar-refractivity contribution in [1.82, 2.24) is 9.97 Å². The SMILES string of the molecule is Sc1ccc2sc(SSc3nc4ccccc4s3)nc2c1. The van der Waals surface area contributed by atoms with Gasteiger partial charge in [0.2, 0.25) is 0 Å². The lowest BCUT2D eigenvalue weighted by molar-refractivity contribution is 1.30. The van der Waals surface area contributed by atoms with Crippen LogP contribution < -0.4 is 0 Å². The molecule has 0 atom stereocenters. The van der Waals surface area contributed by atoms with Crippen molar-refractivity contribution in [3.63, 3.8) is 0 Å². The number of rotatable bonds is 3. The van der Waals surface area contributed by atoms with Gasteiger partial charge in [-0.1, -0.05) is 12.1 Å². The van der Waals surface area contributed by atoms with Gasteiger partial charge in [0, 0.05) is 4.90 Å². The van der Waals surface area contributed by atoms with Crippen LogP contribution in [0.2, 0.25) is 0 Å². The Morgan fingerprint density at radius 1 is 0.810 bits per heavy atom. The second kappa shape index (κ2) is 5.81. The third-order valence-corrected chi connectivity index (χ3v) is 8.13. The summed E-state index contributed by atoms with van der Waals surface area (Å²) in [7, 11) is 3.34. The van der Waals surface area contributed by atoms with Crippen LogP contribution in [0.15, 0.2) is 56.0 Å². The number of para-hydroxylation sites is 1. The summed E-state index contributed by atoms with van der Waals surface area (Å²) in [5, 5.41) is 0. The Bertz CT molecular complexity index is 894. The first-order chi connectivity index (χ1) is 10.3. The van der Waals surface area contributed by atoms with E-state index in [1.54, 1.807) is 44.3 Å². The van der Waals surface area contributed by atoms with E-state index in [2.05, 4.69) is 34.7 Å². The molecular formula is C14H8N2S5. The van der Waals surface area contributed by atoms with Gasteiger partial charge < -0.3 is 0 Å². The second-order valence-corrected chi connectivity index (χ2v) is 9.45. The van der Waals surface area contributed by atoms with Crippen molar-refractivity contribution in [3.05, 3.63) is 42.5 Å². The molecule has 0 amide bonds. The van der Waals surface area contributed by atoms with Gasteiger partial charge >= 0.3 is 0 Å². The van der Waals surface area contributed by atoms with Crippen molar-refractivity contribution in [2.75, 3.05) is 0 Å². The molecule has 0 bridgehead atoms. The lowest BCUT2D eigenvalue weighted by atomic mass is 10.3. The number of thiazole rings is 2. The molecule has 0 aliphatic heterocycles. The topological polar surface area (TPSA) is 25.8 Å². The fourth-order valence-corrected chi connectivity index (χ4v) is 6.56. The second-order valence-electron chi connectivity index (χ2n) is 4.25. The first-order valence-corrected chi connectivity index (χ1v) is 10.3. The molecule has 0 unspecified atom stereocenters. The van der Waals surface area contributed by atoms with E-state index in [1.807, 2.05) is 30.3 Å². The van der Waals surface area contributed by atoms with Gasteiger partial charge in [-0.15, -0.1) is 35.3 Å². The minimum absolute atomic E-state index is 0.947. The molecule has 0 fully saturated rings. The Labute approximate surface area is 142 Å². The van der Waals surface area contributed by atoms with E-state index in [9.17, 15) is 0 Å². The number of benzene rings is 2. The van der Waals surface area contributed by atoms with Gasteiger partial charge in [0.1, 0.15) is 0 Å². The van der Waals surface area contributed by atoms with E-state index in [-0.39, 0.29) is 0 Å². The van der Waals surface area contributed by atoms with Gasteiger partial charge in [-0.25, -0.2) is 9.97 Å². The maximum atomic E-state index is 4.63. The van der Waals surface area contributed by atoms with Crippen LogP contribution in [0.3, 0.4) is 0 Å². The highest BCUT2D eigenvalue weighted by atomic mass is 33.1. The number of hydrogen-bond donors (Lipinski definition) is 1. The average molecular weight is 365 g/mol. The minimum Gasteiger partial charge on any atom is -0.229 e. The number of hydrogen-bond acceptors (Lipinski definition) is 7. The molecule has 0 N–H and O–H groups in total. The van der Waals surface area contributed by atoms with Gasteiger partial charge in [0.05, 0.1) is 20.4 Å². The fourth-order valence-electron chi connectivity index (χ4n) is 1.89. The molecule has 0 saturated heterocycles. The van der Waals surface area contributed by atoms with Gasteiger partial charge in [-0.2, -0.15) is 0 Å². The minimum atomic E-state index is 0.947. The first-order valence-electron chi connectivity index (χ1n) is 6.07. The zero-order valence-electron chi connectivity index (χ0n) is 10.5. The molecule has 7 heteroatoms. The predicted molar refractivity (Wildman–Crippen MR) is 98.2 cm³/mol. The Morgan fingerprint density at radius 2 is 1.48 bits per heavy atom. The highest BCUT2D eigenvalue weighted by Gasteiger charge is 2.09. The summed E-state index contributed by atoms with van der Waals surface area (Å²) in [6.07, 6.45) is 0. The lowest BCUT2D eigenvalue weighted by Crippen LogP contribution is -1.69. The number of nitrogens with zero attached hydrogens (tertiary/aromatic N) is 2. The molecule has 2 aromatic heterocycles. The molecule has 0 spiro atoms. The molecule has 2 heterocycles. The zero-order chi connectivity index (χ0) is 14.2. The fraction of sp³-hybridized carbons (Fsp3) is 0. The van der Waals surface area contributed by atoms with Crippen LogP contribution in [0, 0.1) is 0 Å². The maximum Gasteiger partial charge on any atom is 0.162 e. The van der Waals surface area contributed by atoms with Gasteiger partial charge in [-0.05, 0) is 51.9 Å². The summed E-state index contributed by atoms with van der Waals surface area (Å²) >= 11 is 7.78. The van der Waals surface area contributed by atoms with Gasteiger partial charge in [-0.3, -0.25) is 0 Å². The van der Waals surface area contributed by atoms with Crippen molar-refractivity contribution in [2.24, 2.45) is 0 Å². The van der Waals surface area contributed by atoms with Crippen LogP contribution in [0.1, 0.15) is 0 Å². The van der Waals surface area contributed by atoms with Crippen LogP contribution in [0.5, 0.6) is 0 Å². The Kier molecular flexibility index (Phi) is 3.85. The Morgan fingerprint density at radius 3 is 2.24 bits per heavy atom. The smallest absolute Gasteiger partial charge is 0.162 e. The summed E-state index contributed by atoms with van der Waals surface area (Å²) in [4.78, 5) is 10.2. The molecule has 4 aromatic rings. The van der Waals surface area contributed by atoms with E-state index in [1.165, 1.54) is 9.40 Å². The lowest BCUT2D eigenvalue weighted by Gasteiger charge is -1.90. The summed E-state index contributed by atoms with van der Waals surface area (Å²) in [5.41, 5.74) is 2.08. The summed E-state index contributed by atoms with van der Waals surface area (Å²) in [6.45, 7) is 0. The first kappa shape index (κ1) is 13.9. The van der Waals surface area contributed by atoms with E-state index >= 15 is 0 Å². The molecule has 0 saturated carbocycles. The number of fused-ring (bicyclic) bond motifs is 2. The molecule has 104 valence electrons. The standard InChI is InChI=1S/C14H8N2S5/c17-8-5-6-12-10(7-8)16-14(19-12)21-20-13-15-9-3-1-2-4-11(9)18-13/h1-7,17H. The summed E-state index contributed by atoms with van der Waals surface area (Å²) in [6, 6.07) is 14.3. The molecular weight excluding hydrogens is 357 g/mol. The third-order valence-electron chi connectivity index (χ3n) is 2.81. The molecule has 0 radical (unpaired) electrons. The van der Waals surface area contributed by atoms with Crippen LogP contribution >= 0.6 is 56.9 Å². The van der Waals surface area contributed by atoms with Crippen molar-refractivity contribution in [1.29, 1.82) is 0 Å². The van der Waals surface area contributed by atoms with Gasteiger partial charge in [0.25, 0.3) is 0 Å². The maximum absolute atomic E-state index is 4.63. The van der Waals surface area contributed by atoms with E-state index in [0.717, 1.165) is 24.6 Å². The average Bonchev–Trinajstić information content (AvgIpc) is 3.07. The number of thiol groups is 1. The van der Waals surface area contributed by atoms with Crippen molar-refractivity contribution in [3.8, 4) is 0 Å². The molecule has 0 aliphatic carbocycles.